The summed E-state index contributed by atoms with van der Waals surface area (Å²) >= 11 is 3.06. The zero-order chi connectivity index (χ0) is 14.6. The summed E-state index contributed by atoms with van der Waals surface area (Å²) in [5.74, 6) is 0. The van der Waals surface area contributed by atoms with Crippen molar-refractivity contribution in [2.45, 2.75) is 24.8 Å². The van der Waals surface area contributed by atoms with Gasteiger partial charge >= 0.3 is 6.18 Å². The fraction of sp³-hybridized carbons (Fsp3) is 0.417. The maximum Gasteiger partial charge on any atom is 0.416 e. The van der Waals surface area contributed by atoms with Gasteiger partial charge in [0.05, 0.1) is 11.7 Å². The Bertz CT molecular complexity index is 448. The van der Waals surface area contributed by atoms with Crippen LogP contribution in [0.3, 0.4) is 0 Å². The molecule has 0 saturated heterocycles. The molecule has 2 atom stereocenters. The Labute approximate surface area is 116 Å². The molecule has 0 spiro atoms. The van der Waals surface area contributed by atoms with Crippen LogP contribution in [0.15, 0.2) is 18.2 Å². The quantitative estimate of drug-likeness (QED) is 0.640. The molecule has 7 heteroatoms. The van der Waals surface area contributed by atoms with E-state index in [1.54, 1.807) is 0 Å². The van der Waals surface area contributed by atoms with E-state index in [1.165, 1.54) is 0 Å². The van der Waals surface area contributed by atoms with Gasteiger partial charge < -0.3 is 10.2 Å². The number of benzene rings is 1. The maximum absolute atomic E-state index is 12.6. The molecular weight excluding hydrogens is 329 g/mol. The number of aldehydes is 1. The average Bonchev–Trinajstić information content (AvgIpc) is 2.36. The molecule has 3 nitrogen and oxygen atoms in total. The molecule has 2 unspecified atom stereocenters. The Balaban J connectivity index is 3.16. The van der Waals surface area contributed by atoms with Gasteiger partial charge in [0.25, 0.3) is 0 Å². The van der Waals surface area contributed by atoms with Crippen molar-refractivity contribution < 1.29 is 28.2 Å². The minimum atomic E-state index is -4.62. The third-order valence-electron chi connectivity index (χ3n) is 2.55. The molecule has 19 heavy (non-hydrogen) atoms. The summed E-state index contributed by atoms with van der Waals surface area (Å²) in [5, 5.41) is 19.7. The van der Waals surface area contributed by atoms with E-state index in [4.69, 9.17) is 0 Å². The van der Waals surface area contributed by atoms with Crippen molar-refractivity contribution in [3.8, 4) is 0 Å². The van der Waals surface area contributed by atoms with E-state index in [0.717, 1.165) is 12.1 Å². The molecule has 1 rings (SSSR count). The first-order valence-electron chi connectivity index (χ1n) is 5.39. The van der Waals surface area contributed by atoms with Gasteiger partial charge in [-0.3, -0.25) is 4.79 Å². The van der Waals surface area contributed by atoms with Crippen LogP contribution in [-0.4, -0.2) is 27.9 Å². The number of alkyl halides is 4. The molecule has 1 aromatic carbocycles. The number of rotatable bonds is 5. The molecule has 0 radical (unpaired) electrons. The smallest absolute Gasteiger partial charge is 0.390 e. The fourth-order valence-electron chi connectivity index (χ4n) is 1.57. The third-order valence-corrected chi connectivity index (χ3v) is 3.01. The van der Waals surface area contributed by atoms with Gasteiger partial charge in [0, 0.05) is 10.9 Å². The second-order valence-corrected chi connectivity index (χ2v) is 4.79. The second-order valence-electron chi connectivity index (χ2n) is 3.99. The van der Waals surface area contributed by atoms with Crippen LogP contribution in [0.4, 0.5) is 13.2 Å². The summed E-state index contributed by atoms with van der Waals surface area (Å²) in [5.41, 5.74) is -1.36. The number of carbonyl (C=O) groups is 1. The molecule has 0 saturated carbocycles. The topological polar surface area (TPSA) is 57.5 Å². The van der Waals surface area contributed by atoms with Crippen LogP contribution in [0.5, 0.6) is 0 Å². The zero-order valence-electron chi connectivity index (χ0n) is 9.69. The molecule has 0 aromatic heterocycles. The lowest BCUT2D eigenvalue weighted by Gasteiger charge is -2.19. The summed E-state index contributed by atoms with van der Waals surface area (Å²) in [6, 6.07) is 2.56. The summed E-state index contributed by atoms with van der Waals surface area (Å²) in [6.45, 7) is 0. The Hall–Kier alpha value is -0.920. The summed E-state index contributed by atoms with van der Waals surface area (Å²) in [4.78, 5) is 10.6. The molecule has 0 heterocycles. The van der Waals surface area contributed by atoms with E-state index in [9.17, 15) is 28.2 Å². The lowest BCUT2D eigenvalue weighted by atomic mass is 9.98. The number of carbonyl (C=O) groups excluding carboxylic acids is 1. The Morgan fingerprint density at radius 2 is 1.89 bits per heavy atom. The van der Waals surface area contributed by atoms with Crippen molar-refractivity contribution in [3.63, 3.8) is 0 Å². The van der Waals surface area contributed by atoms with Crippen LogP contribution in [-0.2, 0) is 6.18 Å². The van der Waals surface area contributed by atoms with Crippen molar-refractivity contribution in [2.75, 3.05) is 5.33 Å². The third kappa shape index (κ3) is 4.29. The maximum atomic E-state index is 12.6. The number of hydrogen-bond donors (Lipinski definition) is 2. The van der Waals surface area contributed by atoms with Crippen LogP contribution >= 0.6 is 15.9 Å². The lowest BCUT2D eigenvalue weighted by molar-refractivity contribution is -0.137. The van der Waals surface area contributed by atoms with E-state index in [-0.39, 0.29) is 23.8 Å². The highest BCUT2D eigenvalue weighted by Crippen LogP contribution is 2.32. The van der Waals surface area contributed by atoms with Gasteiger partial charge in [0.1, 0.15) is 12.4 Å². The van der Waals surface area contributed by atoms with Crippen LogP contribution in [0.25, 0.3) is 0 Å². The number of aliphatic hydroxyl groups excluding tert-OH is 2. The van der Waals surface area contributed by atoms with Crippen molar-refractivity contribution in [2.24, 2.45) is 0 Å². The van der Waals surface area contributed by atoms with Gasteiger partial charge in [0.15, 0.2) is 0 Å². The minimum absolute atomic E-state index is 0.134. The first kappa shape index (κ1) is 16.1. The minimum Gasteiger partial charge on any atom is -0.390 e. The van der Waals surface area contributed by atoms with E-state index >= 15 is 0 Å². The van der Waals surface area contributed by atoms with Crippen molar-refractivity contribution in [3.05, 3.63) is 34.9 Å². The Kier molecular flexibility index (Phi) is 5.51. The number of halogens is 4. The molecule has 0 aliphatic heterocycles. The van der Waals surface area contributed by atoms with Crippen LogP contribution in [0, 0.1) is 0 Å². The highest BCUT2D eigenvalue weighted by atomic mass is 79.9. The second kappa shape index (κ2) is 6.49. The van der Waals surface area contributed by atoms with Gasteiger partial charge in [-0.15, -0.1) is 0 Å². The standard InChI is InChI=1S/C12H12BrF3O3/c13-2-1-10(18)11(19)8-3-7(6-17)4-9(5-8)12(14,15)16/h3-6,10-11,18-19H,1-2H2. The van der Waals surface area contributed by atoms with Crippen LogP contribution in [0.1, 0.15) is 34.0 Å². The molecule has 0 fully saturated rings. The Morgan fingerprint density at radius 3 is 2.37 bits per heavy atom. The lowest BCUT2D eigenvalue weighted by Crippen LogP contribution is -2.19. The van der Waals surface area contributed by atoms with E-state index < -0.39 is 23.9 Å². The fourth-order valence-corrected chi connectivity index (χ4v) is 2.04. The van der Waals surface area contributed by atoms with Gasteiger partial charge in [-0.05, 0) is 30.2 Å². The molecule has 0 aliphatic carbocycles. The van der Waals surface area contributed by atoms with Gasteiger partial charge in [-0.25, -0.2) is 0 Å². The monoisotopic (exact) mass is 340 g/mol. The highest BCUT2D eigenvalue weighted by Gasteiger charge is 2.32. The molecular formula is C12H12BrF3O3. The normalized spacial score (nSPS) is 15.1. The molecule has 2 N–H and O–H groups in total. The zero-order valence-corrected chi connectivity index (χ0v) is 11.3. The SMILES string of the molecule is O=Cc1cc(C(O)C(O)CCBr)cc(C(F)(F)F)c1. The van der Waals surface area contributed by atoms with Crippen molar-refractivity contribution in [1.82, 2.24) is 0 Å². The van der Waals surface area contributed by atoms with Crippen LogP contribution < -0.4 is 0 Å². The first-order valence-corrected chi connectivity index (χ1v) is 6.51. The molecule has 1 aromatic rings. The van der Waals surface area contributed by atoms with E-state index in [2.05, 4.69) is 15.9 Å². The van der Waals surface area contributed by atoms with E-state index in [1.807, 2.05) is 0 Å². The van der Waals surface area contributed by atoms with Crippen molar-refractivity contribution >= 4 is 22.2 Å². The van der Waals surface area contributed by atoms with Gasteiger partial charge in [-0.2, -0.15) is 13.2 Å². The molecule has 0 bridgehead atoms. The largest absolute Gasteiger partial charge is 0.416 e. The predicted octanol–water partition coefficient (Wildman–Crippen LogP) is 2.70. The van der Waals surface area contributed by atoms with Crippen LogP contribution in [0.2, 0.25) is 0 Å². The average molecular weight is 341 g/mol. The van der Waals surface area contributed by atoms with Gasteiger partial charge in [0.2, 0.25) is 0 Å². The summed E-state index contributed by atoms with van der Waals surface area (Å²) in [7, 11) is 0. The van der Waals surface area contributed by atoms with Crippen molar-refractivity contribution in [1.29, 1.82) is 0 Å². The predicted molar refractivity (Wildman–Crippen MR) is 66.2 cm³/mol. The number of aliphatic hydroxyl groups is 2. The summed E-state index contributed by atoms with van der Waals surface area (Å²) < 4.78 is 37.9. The first-order chi connectivity index (χ1) is 8.79. The number of hydrogen-bond acceptors (Lipinski definition) is 3. The molecule has 0 aliphatic rings. The summed E-state index contributed by atoms with van der Waals surface area (Å²) in [6.07, 6.45) is -6.86. The Morgan fingerprint density at radius 1 is 1.26 bits per heavy atom. The molecule has 0 amide bonds. The van der Waals surface area contributed by atoms with E-state index in [0.29, 0.717) is 11.4 Å². The highest BCUT2D eigenvalue weighted by molar-refractivity contribution is 9.09. The van der Waals surface area contributed by atoms with Gasteiger partial charge in [-0.1, -0.05) is 15.9 Å². The molecule has 106 valence electrons.